The fraction of sp³-hybridized carbons (Fsp3) is 0.200. The highest BCUT2D eigenvalue weighted by molar-refractivity contribution is 5.94. The van der Waals surface area contributed by atoms with Gasteiger partial charge in [0.05, 0.1) is 18.0 Å². The SMILES string of the molecule is CC(=O)c1ccc(Nc2cnnc(Nc3ccccc3OC(C)C)n2)cc1. The van der Waals surface area contributed by atoms with Crippen molar-refractivity contribution in [3.05, 3.63) is 60.3 Å². The quantitative estimate of drug-likeness (QED) is 0.603. The lowest BCUT2D eigenvalue weighted by Gasteiger charge is -2.14. The van der Waals surface area contributed by atoms with Crippen LogP contribution in [0.2, 0.25) is 0 Å². The van der Waals surface area contributed by atoms with Gasteiger partial charge in [-0.05, 0) is 57.2 Å². The number of aromatic nitrogens is 3. The number of para-hydroxylation sites is 2. The third-order valence-corrected chi connectivity index (χ3v) is 3.62. The van der Waals surface area contributed by atoms with E-state index in [0.717, 1.165) is 11.4 Å². The van der Waals surface area contributed by atoms with Gasteiger partial charge in [0.1, 0.15) is 5.75 Å². The van der Waals surface area contributed by atoms with Crippen LogP contribution in [-0.4, -0.2) is 27.1 Å². The topological polar surface area (TPSA) is 89.0 Å². The van der Waals surface area contributed by atoms with Crippen molar-refractivity contribution in [2.75, 3.05) is 10.6 Å². The first-order valence-electron chi connectivity index (χ1n) is 8.62. The van der Waals surface area contributed by atoms with Gasteiger partial charge in [-0.1, -0.05) is 12.1 Å². The second kappa shape index (κ2) is 8.27. The van der Waals surface area contributed by atoms with Crippen LogP contribution in [0.25, 0.3) is 0 Å². The van der Waals surface area contributed by atoms with Crippen molar-refractivity contribution < 1.29 is 9.53 Å². The molecule has 0 aliphatic heterocycles. The standard InChI is InChI=1S/C20H21N5O2/c1-13(2)27-18-7-5-4-6-17(18)23-20-24-19(12-21-25-20)22-16-10-8-15(9-11-16)14(3)26/h4-13H,1-3H3,(H2,22,23,24,25). The van der Waals surface area contributed by atoms with E-state index in [9.17, 15) is 4.79 Å². The molecule has 138 valence electrons. The molecule has 0 spiro atoms. The summed E-state index contributed by atoms with van der Waals surface area (Å²) < 4.78 is 5.79. The molecule has 0 aliphatic carbocycles. The van der Waals surface area contributed by atoms with Gasteiger partial charge in [-0.3, -0.25) is 4.79 Å². The number of nitrogens with one attached hydrogen (secondary N) is 2. The molecule has 3 rings (SSSR count). The molecular weight excluding hydrogens is 342 g/mol. The zero-order valence-electron chi connectivity index (χ0n) is 15.4. The van der Waals surface area contributed by atoms with Gasteiger partial charge in [-0.2, -0.15) is 10.1 Å². The van der Waals surface area contributed by atoms with Crippen LogP contribution in [0, 0.1) is 0 Å². The Morgan fingerprint density at radius 1 is 1.04 bits per heavy atom. The van der Waals surface area contributed by atoms with E-state index in [1.807, 2.05) is 50.2 Å². The summed E-state index contributed by atoms with van der Waals surface area (Å²) in [6.07, 6.45) is 1.58. The van der Waals surface area contributed by atoms with E-state index in [2.05, 4.69) is 25.8 Å². The molecule has 0 bridgehead atoms. The summed E-state index contributed by atoms with van der Waals surface area (Å²) in [6, 6.07) is 14.7. The maximum Gasteiger partial charge on any atom is 0.249 e. The van der Waals surface area contributed by atoms with E-state index in [1.165, 1.54) is 13.1 Å². The van der Waals surface area contributed by atoms with E-state index in [4.69, 9.17) is 4.74 Å². The smallest absolute Gasteiger partial charge is 0.249 e. The van der Waals surface area contributed by atoms with Gasteiger partial charge < -0.3 is 15.4 Å². The van der Waals surface area contributed by atoms with Crippen LogP contribution in [0.1, 0.15) is 31.1 Å². The molecule has 1 heterocycles. The van der Waals surface area contributed by atoms with Crippen molar-refractivity contribution in [3.63, 3.8) is 0 Å². The summed E-state index contributed by atoms with van der Waals surface area (Å²) in [4.78, 5) is 15.8. The molecule has 27 heavy (non-hydrogen) atoms. The number of carbonyl (C=O) groups excluding carboxylic acids is 1. The van der Waals surface area contributed by atoms with Crippen LogP contribution >= 0.6 is 0 Å². The third kappa shape index (κ3) is 5.01. The van der Waals surface area contributed by atoms with E-state index in [1.54, 1.807) is 12.1 Å². The number of hydrogen-bond donors (Lipinski definition) is 2. The van der Waals surface area contributed by atoms with E-state index in [0.29, 0.717) is 23.1 Å². The highest BCUT2D eigenvalue weighted by atomic mass is 16.5. The summed E-state index contributed by atoms with van der Waals surface area (Å²) in [7, 11) is 0. The molecule has 2 N–H and O–H groups in total. The molecule has 0 saturated heterocycles. The Kier molecular flexibility index (Phi) is 5.61. The van der Waals surface area contributed by atoms with Gasteiger partial charge in [0, 0.05) is 11.3 Å². The first-order chi connectivity index (χ1) is 13.0. The Morgan fingerprint density at radius 3 is 2.48 bits per heavy atom. The van der Waals surface area contributed by atoms with Gasteiger partial charge in [-0.25, -0.2) is 0 Å². The van der Waals surface area contributed by atoms with Crippen LogP contribution < -0.4 is 15.4 Å². The van der Waals surface area contributed by atoms with Crippen LogP contribution in [0.5, 0.6) is 5.75 Å². The molecule has 7 heteroatoms. The Labute approximate surface area is 157 Å². The number of ether oxygens (including phenoxy) is 1. The lowest BCUT2D eigenvalue weighted by atomic mass is 10.1. The lowest BCUT2D eigenvalue weighted by molar-refractivity contribution is 0.101. The van der Waals surface area contributed by atoms with E-state index >= 15 is 0 Å². The number of benzene rings is 2. The van der Waals surface area contributed by atoms with Gasteiger partial charge in [0.2, 0.25) is 5.95 Å². The van der Waals surface area contributed by atoms with Crippen LogP contribution in [-0.2, 0) is 0 Å². The Balaban J connectivity index is 1.75. The maximum atomic E-state index is 11.4. The van der Waals surface area contributed by atoms with Crippen LogP contribution in [0.3, 0.4) is 0 Å². The molecule has 0 fully saturated rings. The summed E-state index contributed by atoms with van der Waals surface area (Å²) in [5.74, 6) is 1.62. The number of nitrogens with zero attached hydrogens (tertiary/aromatic N) is 3. The predicted molar refractivity (Wildman–Crippen MR) is 105 cm³/mol. The van der Waals surface area contributed by atoms with E-state index in [-0.39, 0.29) is 11.9 Å². The molecular formula is C20H21N5O2. The van der Waals surface area contributed by atoms with E-state index < -0.39 is 0 Å². The van der Waals surface area contributed by atoms with Crippen molar-refractivity contribution in [2.24, 2.45) is 0 Å². The Bertz CT molecular complexity index is 926. The summed E-state index contributed by atoms with van der Waals surface area (Å²) >= 11 is 0. The second-order valence-electron chi connectivity index (χ2n) is 6.21. The van der Waals surface area contributed by atoms with Crippen molar-refractivity contribution in [1.29, 1.82) is 0 Å². The second-order valence-corrected chi connectivity index (χ2v) is 6.21. The summed E-state index contributed by atoms with van der Waals surface area (Å²) in [6.45, 7) is 5.48. The minimum Gasteiger partial charge on any atom is -0.489 e. The average molecular weight is 363 g/mol. The highest BCUT2D eigenvalue weighted by Crippen LogP contribution is 2.27. The first-order valence-corrected chi connectivity index (χ1v) is 8.62. The van der Waals surface area contributed by atoms with Gasteiger partial charge in [0.25, 0.3) is 0 Å². The average Bonchev–Trinajstić information content (AvgIpc) is 2.64. The van der Waals surface area contributed by atoms with Gasteiger partial charge in [-0.15, -0.1) is 5.10 Å². The molecule has 0 radical (unpaired) electrons. The summed E-state index contributed by atoms with van der Waals surface area (Å²) in [5.41, 5.74) is 2.22. The van der Waals surface area contributed by atoms with Crippen molar-refractivity contribution in [2.45, 2.75) is 26.9 Å². The van der Waals surface area contributed by atoms with Gasteiger partial charge >= 0.3 is 0 Å². The number of Topliss-reactive ketones (excluding diaryl/α,β-unsaturated/α-hetero) is 1. The lowest BCUT2D eigenvalue weighted by Crippen LogP contribution is -2.08. The highest BCUT2D eigenvalue weighted by Gasteiger charge is 2.08. The Hall–Kier alpha value is -3.48. The zero-order valence-corrected chi connectivity index (χ0v) is 15.4. The monoisotopic (exact) mass is 363 g/mol. The van der Waals surface area contributed by atoms with Gasteiger partial charge in [0.15, 0.2) is 11.6 Å². The number of ketones is 1. The minimum atomic E-state index is 0.0269. The number of rotatable bonds is 7. The third-order valence-electron chi connectivity index (χ3n) is 3.62. The number of hydrogen-bond acceptors (Lipinski definition) is 7. The fourth-order valence-corrected chi connectivity index (χ4v) is 2.40. The first kappa shape index (κ1) is 18.3. The molecule has 7 nitrogen and oxygen atoms in total. The molecule has 0 atom stereocenters. The molecule has 2 aromatic carbocycles. The molecule has 0 aliphatic rings. The number of anilines is 4. The van der Waals surface area contributed by atoms with Crippen LogP contribution in [0.15, 0.2) is 54.7 Å². The Morgan fingerprint density at radius 2 is 1.78 bits per heavy atom. The fourth-order valence-electron chi connectivity index (χ4n) is 2.40. The van der Waals surface area contributed by atoms with Crippen LogP contribution in [0.4, 0.5) is 23.1 Å². The van der Waals surface area contributed by atoms with Crippen molar-refractivity contribution in [3.8, 4) is 5.75 Å². The molecule has 1 aromatic heterocycles. The largest absolute Gasteiger partial charge is 0.489 e. The predicted octanol–water partition coefficient (Wildman–Crippen LogP) is 4.35. The molecule has 0 amide bonds. The molecule has 0 saturated carbocycles. The van der Waals surface area contributed by atoms with Crippen molar-refractivity contribution in [1.82, 2.24) is 15.2 Å². The maximum absolute atomic E-state index is 11.4. The van der Waals surface area contributed by atoms with Crippen molar-refractivity contribution >= 4 is 28.9 Å². The zero-order chi connectivity index (χ0) is 19.2. The minimum absolute atomic E-state index is 0.0269. The molecule has 3 aromatic rings. The normalized spacial score (nSPS) is 10.5. The number of carbonyl (C=O) groups is 1. The summed E-state index contributed by atoms with van der Waals surface area (Å²) in [5, 5.41) is 14.3. The molecule has 0 unspecified atom stereocenters.